The molecule has 0 unspecified atom stereocenters. The van der Waals surface area contributed by atoms with E-state index >= 15 is 0 Å². The van der Waals surface area contributed by atoms with Gasteiger partial charge in [-0.05, 0) is 36.8 Å². The van der Waals surface area contributed by atoms with Crippen LogP contribution in [0, 0.1) is 5.82 Å². The Labute approximate surface area is 162 Å². The van der Waals surface area contributed by atoms with Gasteiger partial charge in [-0.1, -0.05) is 29.8 Å². The number of rotatable bonds is 4. The van der Waals surface area contributed by atoms with Gasteiger partial charge >= 0.3 is 0 Å². The lowest BCUT2D eigenvalue weighted by molar-refractivity contribution is -0.117. The minimum absolute atomic E-state index is 0.00269. The number of halogens is 2. The maximum Gasteiger partial charge on any atom is 0.253 e. The van der Waals surface area contributed by atoms with Gasteiger partial charge in [0.05, 0.1) is 12.2 Å². The monoisotopic (exact) mass is 389 g/mol. The van der Waals surface area contributed by atoms with Crippen molar-refractivity contribution in [1.82, 2.24) is 9.80 Å². The summed E-state index contributed by atoms with van der Waals surface area (Å²) in [6.07, 6.45) is 0.775. The molecule has 7 heteroatoms. The molecule has 1 saturated heterocycles. The fourth-order valence-corrected chi connectivity index (χ4v) is 3.25. The van der Waals surface area contributed by atoms with E-state index in [-0.39, 0.29) is 24.0 Å². The van der Waals surface area contributed by atoms with Crippen LogP contribution < -0.4 is 5.32 Å². The summed E-state index contributed by atoms with van der Waals surface area (Å²) in [6.45, 7) is 2.62. The third-order valence-electron chi connectivity index (χ3n) is 4.47. The van der Waals surface area contributed by atoms with Crippen LogP contribution in [0.25, 0.3) is 0 Å². The van der Waals surface area contributed by atoms with E-state index in [1.165, 1.54) is 18.2 Å². The first-order chi connectivity index (χ1) is 13.0. The molecule has 27 heavy (non-hydrogen) atoms. The van der Waals surface area contributed by atoms with E-state index in [0.717, 1.165) is 6.42 Å². The Morgan fingerprint density at radius 2 is 1.81 bits per heavy atom. The molecule has 0 aromatic heterocycles. The van der Waals surface area contributed by atoms with Gasteiger partial charge in [-0.3, -0.25) is 14.5 Å². The van der Waals surface area contributed by atoms with Crippen molar-refractivity contribution in [2.75, 3.05) is 38.0 Å². The second kappa shape index (κ2) is 8.97. The van der Waals surface area contributed by atoms with Crippen molar-refractivity contribution in [3.8, 4) is 0 Å². The molecule has 0 radical (unpaired) electrons. The van der Waals surface area contributed by atoms with E-state index in [1.807, 2.05) is 28.0 Å². The number of hydrogen-bond acceptors (Lipinski definition) is 3. The molecule has 0 bridgehead atoms. The highest BCUT2D eigenvalue weighted by Crippen LogP contribution is 2.19. The van der Waals surface area contributed by atoms with Crippen LogP contribution in [0.2, 0.25) is 5.02 Å². The molecule has 1 aliphatic rings. The molecular weight excluding hydrogens is 369 g/mol. The Morgan fingerprint density at radius 3 is 2.59 bits per heavy atom. The molecular formula is C20H21ClFN3O2. The summed E-state index contributed by atoms with van der Waals surface area (Å²) in [5.74, 6) is -0.829. The van der Waals surface area contributed by atoms with Crippen molar-refractivity contribution < 1.29 is 14.0 Å². The van der Waals surface area contributed by atoms with Crippen molar-refractivity contribution in [1.29, 1.82) is 0 Å². The summed E-state index contributed by atoms with van der Waals surface area (Å²) < 4.78 is 13.7. The van der Waals surface area contributed by atoms with Crippen LogP contribution >= 0.6 is 11.6 Å². The van der Waals surface area contributed by atoms with Crippen LogP contribution in [0.3, 0.4) is 0 Å². The number of carbonyl (C=O) groups excluding carboxylic acids is 2. The van der Waals surface area contributed by atoms with E-state index in [0.29, 0.717) is 36.8 Å². The third-order valence-corrected chi connectivity index (χ3v) is 4.70. The lowest BCUT2D eigenvalue weighted by Gasteiger charge is -2.22. The fraction of sp³-hybridized carbons (Fsp3) is 0.300. The average Bonchev–Trinajstić information content (AvgIpc) is 2.90. The van der Waals surface area contributed by atoms with Crippen molar-refractivity contribution in [3.63, 3.8) is 0 Å². The molecule has 0 saturated carbocycles. The molecule has 0 aliphatic carbocycles. The predicted octanol–water partition coefficient (Wildman–Crippen LogP) is 3.27. The zero-order chi connectivity index (χ0) is 19.2. The molecule has 1 N–H and O–H groups in total. The molecule has 5 nitrogen and oxygen atoms in total. The van der Waals surface area contributed by atoms with Gasteiger partial charge in [0.25, 0.3) is 5.91 Å². The number of amides is 2. The van der Waals surface area contributed by atoms with Gasteiger partial charge in [0, 0.05) is 36.8 Å². The van der Waals surface area contributed by atoms with Crippen LogP contribution in [0.4, 0.5) is 10.1 Å². The minimum atomic E-state index is -0.525. The zero-order valence-electron chi connectivity index (χ0n) is 14.8. The summed E-state index contributed by atoms with van der Waals surface area (Å²) in [5.41, 5.74) is 0.739. The second-order valence-corrected chi connectivity index (χ2v) is 6.90. The summed E-state index contributed by atoms with van der Waals surface area (Å²) in [4.78, 5) is 28.6. The van der Waals surface area contributed by atoms with Gasteiger partial charge in [-0.25, -0.2) is 4.39 Å². The van der Waals surface area contributed by atoms with Crippen LogP contribution in [0.15, 0.2) is 48.5 Å². The van der Waals surface area contributed by atoms with Crippen molar-refractivity contribution >= 4 is 29.1 Å². The van der Waals surface area contributed by atoms with Gasteiger partial charge < -0.3 is 10.2 Å². The molecule has 1 fully saturated rings. The molecule has 0 atom stereocenters. The SMILES string of the molecule is O=C(CN1CCCN(C(=O)c2ccccc2)CC1)Nc1cc(Cl)ccc1F. The molecule has 1 aliphatic heterocycles. The summed E-state index contributed by atoms with van der Waals surface area (Å²) in [5, 5.41) is 2.92. The van der Waals surface area contributed by atoms with Crippen LogP contribution in [-0.4, -0.2) is 54.3 Å². The number of anilines is 1. The van der Waals surface area contributed by atoms with Crippen molar-refractivity contribution in [2.24, 2.45) is 0 Å². The maximum absolute atomic E-state index is 13.7. The topological polar surface area (TPSA) is 52.7 Å². The van der Waals surface area contributed by atoms with E-state index in [2.05, 4.69) is 5.32 Å². The Morgan fingerprint density at radius 1 is 1.04 bits per heavy atom. The van der Waals surface area contributed by atoms with Crippen molar-refractivity contribution in [2.45, 2.75) is 6.42 Å². The summed E-state index contributed by atoms with van der Waals surface area (Å²) in [7, 11) is 0. The van der Waals surface area contributed by atoms with E-state index in [4.69, 9.17) is 11.6 Å². The van der Waals surface area contributed by atoms with E-state index in [9.17, 15) is 14.0 Å². The fourth-order valence-electron chi connectivity index (χ4n) is 3.08. The van der Waals surface area contributed by atoms with E-state index in [1.54, 1.807) is 12.1 Å². The predicted molar refractivity (Wildman–Crippen MR) is 103 cm³/mol. The third kappa shape index (κ3) is 5.28. The largest absolute Gasteiger partial charge is 0.337 e. The highest BCUT2D eigenvalue weighted by molar-refractivity contribution is 6.30. The van der Waals surface area contributed by atoms with Crippen LogP contribution in [-0.2, 0) is 4.79 Å². The number of carbonyl (C=O) groups is 2. The average molecular weight is 390 g/mol. The van der Waals surface area contributed by atoms with Crippen LogP contribution in [0.5, 0.6) is 0 Å². The van der Waals surface area contributed by atoms with Crippen molar-refractivity contribution in [3.05, 3.63) is 64.9 Å². The lowest BCUT2D eigenvalue weighted by atomic mass is 10.2. The maximum atomic E-state index is 13.7. The van der Waals surface area contributed by atoms with E-state index < -0.39 is 5.82 Å². The highest BCUT2D eigenvalue weighted by atomic mass is 35.5. The first-order valence-electron chi connectivity index (χ1n) is 8.84. The van der Waals surface area contributed by atoms with Gasteiger partial charge in [-0.2, -0.15) is 0 Å². The minimum Gasteiger partial charge on any atom is -0.337 e. The van der Waals surface area contributed by atoms with Gasteiger partial charge in [0.1, 0.15) is 5.82 Å². The first kappa shape index (κ1) is 19.3. The Hall–Kier alpha value is -2.44. The normalized spacial score (nSPS) is 15.3. The zero-order valence-corrected chi connectivity index (χ0v) is 15.6. The number of hydrogen-bond donors (Lipinski definition) is 1. The number of benzene rings is 2. The second-order valence-electron chi connectivity index (χ2n) is 6.46. The molecule has 3 rings (SSSR count). The van der Waals surface area contributed by atoms with Gasteiger partial charge in [-0.15, -0.1) is 0 Å². The van der Waals surface area contributed by atoms with Crippen LogP contribution in [0.1, 0.15) is 16.8 Å². The Balaban J connectivity index is 1.54. The smallest absolute Gasteiger partial charge is 0.253 e. The number of nitrogens with zero attached hydrogens (tertiary/aromatic N) is 2. The summed E-state index contributed by atoms with van der Waals surface area (Å²) in [6, 6.07) is 13.2. The highest BCUT2D eigenvalue weighted by Gasteiger charge is 2.21. The molecule has 1 heterocycles. The quantitative estimate of drug-likeness (QED) is 0.873. The Kier molecular flexibility index (Phi) is 6.42. The Bertz CT molecular complexity index is 816. The van der Waals surface area contributed by atoms with Gasteiger partial charge in [0.2, 0.25) is 5.91 Å². The molecule has 2 aromatic rings. The lowest BCUT2D eigenvalue weighted by Crippen LogP contribution is -2.38. The molecule has 0 spiro atoms. The molecule has 2 amide bonds. The first-order valence-corrected chi connectivity index (χ1v) is 9.22. The molecule has 142 valence electrons. The summed E-state index contributed by atoms with van der Waals surface area (Å²) >= 11 is 5.84. The van der Waals surface area contributed by atoms with Gasteiger partial charge in [0.15, 0.2) is 0 Å². The standard InChI is InChI=1S/C20H21ClFN3O2/c21-16-7-8-17(22)18(13-16)23-19(26)14-24-9-4-10-25(12-11-24)20(27)15-5-2-1-3-6-15/h1-3,5-8,13H,4,9-12,14H2,(H,23,26). The number of nitrogens with one attached hydrogen (secondary N) is 1. The molecule has 2 aromatic carbocycles.